The quantitative estimate of drug-likeness (QED) is 0.609. The highest BCUT2D eigenvalue weighted by molar-refractivity contribution is 6.07. The summed E-state index contributed by atoms with van der Waals surface area (Å²) >= 11 is 0. The molecule has 0 spiro atoms. The highest BCUT2D eigenvalue weighted by Crippen LogP contribution is 2.30. The normalized spacial score (nSPS) is 16.3. The molecular formula is C20H25FN4O. The van der Waals surface area contributed by atoms with E-state index in [1.54, 1.807) is 30.7 Å². The van der Waals surface area contributed by atoms with E-state index in [4.69, 9.17) is 0 Å². The molecule has 0 saturated carbocycles. The van der Waals surface area contributed by atoms with Gasteiger partial charge in [-0.2, -0.15) is 0 Å². The molecule has 138 valence electrons. The van der Waals surface area contributed by atoms with Crippen LogP contribution in [0.15, 0.2) is 42.9 Å². The number of halogens is 1. The van der Waals surface area contributed by atoms with Gasteiger partial charge in [-0.25, -0.2) is 9.37 Å². The van der Waals surface area contributed by atoms with Crippen LogP contribution in [0, 0.1) is 5.82 Å². The average Bonchev–Trinajstić information content (AvgIpc) is 3.06. The SMILES string of the molecule is CN(C)/C=C/C(=O)c1c(-c2ccc(F)cc2)ncn1C1CCN(C)CC1. The maximum absolute atomic E-state index is 13.3. The van der Waals surface area contributed by atoms with Gasteiger partial charge in [-0.3, -0.25) is 4.79 Å². The van der Waals surface area contributed by atoms with Crippen molar-refractivity contribution in [2.75, 3.05) is 34.2 Å². The Labute approximate surface area is 153 Å². The first kappa shape index (κ1) is 18.3. The molecule has 0 amide bonds. The maximum atomic E-state index is 13.3. The molecule has 0 N–H and O–H groups in total. The van der Waals surface area contributed by atoms with E-state index in [1.807, 2.05) is 23.6 Å². The zero-order chi connectivity index (χ0) is 18.7. The Balaban J connectivity index is 2.01. The molecule has 1 aromatic heterocycles. The number of hydrogen-bond donors (Lipinski definition) is 0. The van der Waals surface area contributed by atoms with E-state index in [0.717, 1.165) is 31.5 Å². The van der Waals surface area contributed by atoms with Crippen molar-refractivity contribution < 1.29 is 9.18 Å². The number of ketones is 1. The molecule has 0 aliphatic carbocycles. The first-order chi connectivity index (χ1) is 12.5. The Morgan fingerprint density at radius 1 is 1.23 bits per heavy atom. The minimum absolute atomic E-state index is 0.0885. The van der Waals surface area contributed by atoms with Gasteiger partial charge in [0.1, 0.15) is 11.5 Å². The van der Waals surface area contributed by atoms with Gasteiger partial charge in [0.2, 0.25) is 5.78 Å². The van der Waals surface area contributed by atoms with Gasteiger partial charge in [0.25, 0.3) is 0 Å². The molecule has 0 radical (unpaired) electrons. The summed E-state index contributed by atoms with van der Waals surface area (Å²) in [5.74, 6) is -0.390. The Bertz CT molecular complexity index is 787. The molecule has 0 bridgehead atoms. The van der Waals surface area contributed by atoms with Crippen molar-refractivity contribution in [3.63, 3.8) is 0 Å². The van der Waals surface area contributed by atoms with Gasteiger partial charge < -0.3 is 14.4 Å². The van der Waals surface area contributed by atoms with Gasteiger partial charge >= 0.3 is 0 Å². The molecule has 1 aliphatic heterocycles. The van der Waals surface area contributed by atoms with Crippen molar-refractivity contribution in [3.05, 3.63) is 54.4 Å². The van der Waals surface area contributed by atoms with Crippen LogP contribution in [0.1, 0.15) is 29.4 Å². The van der Waals surface area contributed by atoms with Gasteiger partial charge in [-0.05, 0) is 57.2 Å². The Morgan fingerprint density at radius 2 is 1.88 bits per heavy atom. The third-order valence-electron chi connectivity index (χ3n) is 4.75. The first-order valence-electron chi connectivity index (χ1n) is 8.86. The molecule has 1 aliphatic rings. The zero-order valence-electron chi connectivity index (χ0n) is 15.5. The Kier molecular flexibility index (Phi) is 5.52. The van der Waals surface area contributed by atoms with Gasteiger partial charge in [-0.1, -0.05) is 0 Å². The predicted octanol–water partition coefficient (Wildman–Crippen LogP) is 3.21. The molecule has 1 aromatic carbocycles. The number of benzene rings is 1. The molecule has 26 heavy (non-hydrogen) atoms. The number of allylic oxidation sites excluding steroid dienone is 1. The van der Waals surface area contributed by atoms with E-state index in [0.29, 0.717) is 11.4 Å². The molecule has 0 atom stereocenters. The predicted molar refractivity (Wildman–Crippen MR) is 101 cm³/mol. The summed E-state index contributed by atoms with van der Waals surface area (Å²) in [6, 6.07) is 6.38. The lowest BCUT2D eigenvalue weighted by atomic mass is 10.0. The third-order valence-corrected chi connectivity index (χ3v) is 4.75. The van der Waals surface area contributed by atoms with Crippen molar-refractivity contribution in [2.45, 2.75) is 18.9 Å². The van der Waals surface area contributed by atoms with E-state index >= 15 is 0 Å². The van der Waals surface area contributed by atoms with Crippen LogP contribution in [-0.2, 0) is 0 Å². The fraction of sp³-hybridized carbons (Fsp3) is 0.400. The Hall–Kier alpha value is -2.47. The van der Waals surface area contributed by atoms with Gasteiger partial charge in [0.15, 0.2) is 0 Å². The lowest BCUT2D eigenvalue weighted by molar-refractivity contribution is 0.103. The van der Waals surface area contributed by atoms with Crippen LogP contribution >= 0.6 is 0 Å². The van der Waals surface area contributed by atoms with Gasteiger partial charge in [0, 0.05) is 38.0 Å². The molecule has 1 fully saturated rings. The molecule has 2 heterocycles. The number of rotatable bonds is 5. The van der Waals surface area contributed by atoms with Crippen LogP contribution in [-0.4, -0.2) is 59.4 Å². The molecule has 6 heteroatoms. The van der Waals surface area contributed by atoms with Crippen molar-refractivity contribution >= 4 is 5.78 Å². The fourth-order valence-electron chi connectivity index (χ4n) is 3.27. The molecule has 5 nitrogen and oxygen atoms in total. The van der Waals surface area contributed by atoms with E-state index in [-0.39, 0.29) is 17.6 Å². The monoisotopic (exact) mass is 356 g/mol. The van der Waals surface area contributed by atoms with Crippen LogP contribution in [0.3, 0.4) is 0 Å². The van der Waals surface area contributed by atoms with Crippen LogP contribution in [0.25, 0.3) is 11.3 Å². The van der Waals surface area contributed by atoms with Crippen molar-refractivity contribution in [3.8, 4) is 11.3 Å². The molecule has 2 aromatic rings. The number of carbonyl (C=O) groups excluding carboxylic acids is 1. The highest BCUT2D eigenvalue weighted by Gasteiger charge is 2.25. The zero-order valence-corrected chi connectivity index (χ0v) is 15.5. The third kappa shape index (κ3) is 4.02. The number of nitrogens with zero attached hydrogens (tertiary/aromatic N) is 4. The number of imidazole rings is 1. The number of hydrogen-bond acceptors (Lipinski definition) is 4. The second-order valence-corrected chi connectivity index (χ2v) is 7.03. The van der Waals surface area contributed by atoms with Crippen molar-refractivity contribution in [1.29, 1.82) is 0 Å². The maximum Gasteiger partial charge on any atom is 0.205 e. The summed E-state index contributed by atoms with van der Waals surface area (Å²) in [4.78, 5) is 21.6. The molecular weight excluding hydrogens is 331 g/mol. The molecule has 1 saturated heterocycles. The largest absolute Gasteiger partial charge is 0.383 e. The highest BCUT2D eigenvalue weighted by atomic mass is 19.1. The average molecular weight is 356 g/mol. The van der Waals surface area contributed by atoms with Crippen LogP contribution < -0.4 is 0 Å². The van der Waals surface area contributed by atoms with E-state index in [2.05, 4.69) is 16.9 Å². The van der Waals surface area contributed by atoms with E-state index in [1.165, 1.54) is 12.1 Å². The van der Waals surface area contributed by atoms with Gasteiger partial charge in [-0.15, -0.1) is 0 Å². The summed E-state index contributed by atoms with van der Waals surface area (Å²) in [6.45, 7) is 1.99. The fourth-order valence-corrected chi connectivity index (χ4v) is 3.27. The minimum Gasteiger partial charge on any atom is -0.383 e. The lowest BCUT2D eigenvalue weighted by Gasteiger charge is -2.30. The summed E-state index contributed by atoms with van der Waals surface area (Å²) < 4.78 is 15.3. The second-order valence-electron chi connectivity index (χ2n) is 7.03. The molecule has 0 unspecified atom stereocenters. The smallest absolute Gasteiger partial charge is 0.205 e. The number of piperidine rings is 1. The first-order valence-corrected chi connectivity index (χ1v) is 8.86. The van der Waals surface area contributed by atoms with E-state index < -0.39 is 0 Å². The standard InChI is InChI=1S/C20H25FN4O/c1-23(2)11-10-18(26)20-19(15-4-6-16(21)7-5-15)22-14-25(20)17-8-12-24(3)13-9-17/h4-7,10-11,14,17H,8-9,12-13H2,1-3H3/b11-10+. The number of likely N-dealkylation sites (tertiary alicyclic amines) is 1. The summed E-state index contributed by atoms with van der Waals surface area (Å²) in [5.41, 5.74) is 1.93. The minimum atomic E-state index is -0.302. The number of aromatic nitrogens is 2. The summed E-state index contributed by atoms with van der Waals surface area (Å²) in [6.07, 6.45) is 7.02. The van der Waals surface area contributed by atoms with Gasteiger partial charge in [0.05, 0.1) is 12.0 Å². The van der Waals surface area contributed by atoms with Crippen LogP contribution in [0.4, 0.5) is 4.39 Å². The van der Waals surface area contributed by atoms with Crippen molar-refractivity contribution in [1.82, 2.24) is 19.4 Å². The lowest BCUT2D eigenvalue weighted by Crippen LogP contribution is -2.32. The van der Waals surface area contributed by atoms with E-state index in [9.17, 15) is 9.18 Å². The summed E-state index contributed by atoms with van der Waals surface area (Å²) in [7, 11) is 5.86. The summed E-state index contributed by atoms with van der Waals surface area (Å²) in [5, 5.41) is 0. The Morgan fingerprint density at radius 3 is 2.50 bits per heavy atom. The topological polar surface area (TPSA) is 41.4 Å². The molecule has 3 rings (SSSR count). The second kappa shape index (κ2) is 7.83. The van der Waals surface area contributed by atoms with Crippen LogP contribution in [0.2, 0.25) is 0 Å². The van der Waals surface area contributed by atoms with Crippen LogP contribution in [0.5, 0.6) is 0 Å². The number of carbonyl (C=O) groups is 1. The van der Waals surface area contributed by atoms with Crippen molar-refractivity contribution in [2.24, 2.45) is 0 Å².